The van der Waals surface area contributed by atoms with Crippen LogP contribution in [0.4, 0.5) is 0 Å². The second-order valence-corrected chi connectivity index (χ2v) is 5.59. The van der Waals surface area contributed by atoms with Gasteiger partial charge in [0.1, 0.15) is 10.8 Å². The Morgan fingerprint density at radius 1 is 1.32 bits per heavy atom. The van der Waals surface area contributed by atoms with Crippen molar-refractivity contribution in [2.75, 3.05) is 0 Å². The Morgan fingerprint density at radius 3 is 2.63 bits per heavy atom. The van der Waals surface area contributed by atoms with Gasteiger partial charge in [0.2, 0.25) is 0 Å². The van der Waals surface area contributed by atoms with Gasteiger partial charge in [-0.1, -0.05) is 31.4 Å². The molecule has 1 heterocycles. The molecule has 19 heavy (non-hydrogen) atoms. The molecule has 0 radical (unpaired) electrons. The number of aromatic nitrogens is 2. The van der Waals surface area contributed by atoms with Crippen LogP contribution >= 0.6 is 11.6 Å². The molecule has 1 aliphatic rings. The van der Waals surface area contributed by atoms with E-state index >= 15 is 0 Å². The zero-order chi connectivity index (χ0) is 13.7. The normalized spacial score (nSPS) is 23.1. The second-order valence-electron chi connectivity index (χ2n) is 5.20. The number of nitrogens with zero attached hydrogens (tertiary/aromatic N) is 2. The molecular weight excluding hydrogens is 262 g/mol. The molecule has 2 rings (SSSR count). The number of carbonyl (C=O) groups is 1. The van der Waals surface area contributed by atoms with Gasteiger partial charge in [-0.25, -0.2) is 9.97 Å². The van der Waals surface area contributed by atoms with Crippen LogP contribution in [0.1, 0.15) is 55.9 Å². The first-order valence-electron chi connectivity index (χ1n) is 6.97. The van der Waals surface area contributed by atoms with Crippen LogP contribution < -0.4 is 5.32 Å². The monoisotopic (exact) mass is 281 g/mol. The maximum Gasteiger partial charge on any atom is 0.271 e. The van der Waals surface area contributed by atoms with Crippen molar-refractivity contribution >= 4 is 17.5 Å². The van der Waals surface area contributed by atoms with Crippen LogP contribution in [0.15, 0.2) is 12.4 Å². The fourth-order valence-electron chi connectivity index (χ4n) is 2.69. The van der Waals surface area contributed by atoms with Crippen molar-refractivity contribution in [3.8, 4) is 0 Å². The maximum absolute atomic E-state index is 12.0. The topological polar surface area (TPSA) is 54.9 Å². The zero-order valence-electron chi connectivity index (χ0n) is 11.2. The predicted molar refractivity (Wildman–Crippen MR) is 75.2 cm³/mol. The van der Waals surface area contributed by atoms with Crippen molar-refractivity contribution in [2.45, 2.75) is 51.5 Å². The number of hydrogen-bond donors (Lipinski definition) is 1. The van der Waals surface area contributed by atoms with Gasteiger partial charge >= 0.3 is 0 Å². The fraction of sp³-hybridized carbons (Fsp3) is 0.643. The van der Waals surface area contributed by atoms with Crippen molar-refractivity contribution in [2.24, 2.45) is 5.92 Å². The maximum atomic E-state index is 12.0. The lowest BCUT2D eigenvalue weighted by Gasteiger charge is -2.28. The second kappa shape index (κ2) is 6.85. The van der Waals surface area contributed by atoms with Crippen LogP contribution in [0, 0.1) is 5.92 Å². The number of halogens is 1. The molecule has 0 unspecified atom stereocenters. The molecule has 104 valence electrons. The van der Waals surface area contributed by atoms with Crippen LogP contribution in [0.2, 0.25) is 5.15 Å². The van der Waals surface area contributed by atoms with Crippen LogP contribution in [0.25, 0.3) is 0 Å². The summed E-state index contributed by atoms with van der Waals surface area (Å²) < 4.78 is 0. The molecule has 1 aromatic rings. The Hall–Kier alpha value is -1.16. The summed E-state index contributed by atoms with van der Waals surface area (Å²) in [5.74, 6) is 0.691. The first-order valence-corrected chi connectivity index (χ1v) is 7.35. The highest BCUT2D eigenvalue weighted by Gasteiger charge is 2.22. The Balaban J connectivity index is 1.82. The Labute approximate surface area is 119 Å². The van der Waals surface area contributed by atoms with Crippen molar-refractivity contribution in [1.29, 1.82) is 0 Å². The van der Waals surface area contributed by atoms with E-state index in [0.717, 1.165) is 18.8 Å². The minimum atomic E-state index is -0.150. The van der Waals surface area contributed by atoms with E-state index in [2.05, 4.69) is 22.2 Å². The average Bonchev–Trinajstić information content (AvgIpc) is 2.42. The van der Waals surface area contributed by atoms with E-state index in [1.165, 1.54) is 38.1 Å². The number of amides is 1. The molecule has 0 bridgehead atoms. The van der Waals surface area contributed by atoms with Crippen LogP contribution in [0.5, 0.6) is 0 Å². The van der Waals surface area contributed by atoms with E-state index in [4.69, 9.17) is 11.6 Å². The first-order chi connectivity index (χ1) is 9.19. The van der Waals surface area contributed by atoms with Gasteiger partial charge in [0.05, 0.1) is 12.4 Å². The van der Waals surface area contributed by atoms with Gasteiger partial charge in [0.15, 0.2) is 0 Å². The van der Waals surface area contributed by atoms with E-state index in [9.17, 15) is 4.79 Å². The van der Waals surface area contributed by atoms with E-state index in [-0.39, 0.29) is 11.9 Å². The highest BCUT2D eigenvalue weighted by atomic mass is 35.5. The predicted octanol–water partition coefficient (Wildman–Crippen LogP) is 3.22. The Morgan fingerprint density at radius 2 is 2.05 bits per heavy atom. The third-order valence-electron chi connectivity index (χ3n) is 3.73. The van der Waals surface area contributed by atoms with Gasteiger partial charge in [-0.3, -0.25) is 4.79 Å². The van der Waals surface area contributed by atoms with E-state index in [1.807, 2.05) is 0 Å². The summed E-state index contributed by atoms with van der Waals surface area (Å²) in [7, 11) is 0. The molecular formula is C14H20ClN3O. The summed E-state index contributed by atoms with van der Waals surface area (Å²) in [5, 5.41) is 3.34. The molecule has 1 amide bonds. The van der Waals surface area contributed by atoms with Crippen LogP contribution in [0.3, 0.4) is 0 Å². The lowest BCUT2D eigenvalue weighted by atomic mass is 9.83. The number of hydrogen-bond acceptors (Lipinski definition) is 3. The summed E-state index contributed by atoms with van der Waals surface area (Å²) in [6, 6.07) is 0.276. The SMILES string of the molecule is CCCC1CCC(NC(=O)c2cnc(Cl)cn2)CC1. The van der Waals surface area contributed by atoms with Crippen molar-refractivity contribution < 1.29 is 4.79 Å². The van der Waals surface area contributed by atoms with E-state index in [0.29, 0.717) is 10.8 Å². The molecule has 4 nitrogen and oxygen atoms in total. The largest absolute Gasteiger partial charge is 0.348 e. The minimum absolute atomic E-state index is 0.150. The highest BCUT2D eigenvalue weighted by Crippen LogP contribution is 2.27. The summed E-state index contributed by atoms with van der Waals surface area (Å²) >= 11 is 5.65. The molecule has 0 atom stereocenters. The summed E-state index contributed by atoms with van der Waals surface area (Å²) in [6.45, 7) is 2.23. The standard InChI is InChI=1S/C14H20ClN3O/c1-2-3-10-4-6-11(7-5-10)18-14(19)12-8-17-13(15)9-16-12/h8-11H,2-7H2,1H3,(H,18,19). The summed E-state index contributed by atoms with van der Waals surface area (Å²) in [5.41, 5.74) is 0.333. The third-order valence-corrected chi connectivity index (χ3v) is 3.93. The third kappa shape index (κ3) is 4.16. The van der Waals surface area contributed by atoms with Gasteiger partial charge in [-0.15, -0.1) is 0 Å². The molecule has 1 N–H and O–H groups in total. The van der Waals surface area contributed by atoms with Gasteiger partial charge in [0, 0.05) is 6.04 Å². The van der Waals surface area contributed by atoms with E-state index < -0.39 is 0 Å². The Bertz CT molecular complexity index is 413. The van der Waals surface area contributed by atoms with Crippen LogP contribution in [-0.4, -0.2) is 21.9 Å². The van der Waals surface area contributed by atoms with Crippen LogP contribution in [-0.2, 0) is 0 Å². The average molecular weight is 282 g/mol. The number of nitrogens with one attached hydrogen (secondary N) is 1. The molecule has 1 saturated carbocycles. The van der Waals surface area contributed by atoms with E-state index in [1.54, 1.807) is 0 Å². The van der Waals surface area contributed by atoms with Crippen molar-refractivity contribution in [3.05, 3.63) is 23.2 Å². The smallest absolute Gasteiger partial charge is 0.271 e. The molecule has 1 aromatic heterocycles. The van der Waals surface area contributed by atoms with Crippen molar-refractivity contribution in [1.82, 2.24) is 15.3 Å². The highest BCUT2D eigenvalue weighted by molar-refractivity contribution is 6.29. The lowest BCUT2D eigenvalue weighted by Crippen LogP contribution is -2.38. The molecule has 5 heteroatoms. The van der Waals surface area contributed by atoms with Gasteiger partial charge in [-0.05, 0) is 31.6 Å². The molecule has 1 aliphatic carbocycles. The van der Waals surface area contributed by atoms with Gasteiger partial charge < -0.3 is 5.32 Å². The molecule has 1 fully saturated rings. The lowest BCUT2D eigenvalue weighted by molar-refractivity contribution is 0.0915. The molecule has 0 aromatic carbocycles. The molecule has 0 saturated heterocycles. The molecule has 0 spiro atoms. The minimum Gasteiger partial charge on any atom is -0.348 e. The molecule has 0 aliphatic heterocycles. The fourth-order valence-corrected chi connectivity index (χ4v) is 2.79. The van der Waals surface area contributed by atoms with Gasteiger partial charge in [0.25, 0.3) is 5.91 Å². The van der Waals surface area contributed by atoms with Crippen molar-refractivity contribution in [3.63, 3.8) is 0 Å². The number of carbonyl (C=O) groups excluding carboxylic acids is 1. The number of rotatable bonds is 4. The first kappa shape index (κ1) is 14.3. The summed E-state index contributed by atoms with van der Waals surface area (Å²) in [4.78, 5) is 19.8. The summed E-state index contributed by atoms with van der Waals surface area (Å²) in [6.07, 6.45) is 9.94. The zero-order valence-corrected chi connectivity index (χ0v) is 12.0. The Kier molecular flexibility index (Phi) is 5.14. The quantitative estimate of drug-likeness (QED) is 0.922. The van der Waals surface area contributed by atoms with Gasteiger partial charge in [-0.2, -0.15) is 0 Å².